The number of imidazole rings is 1. The van der Waals surface area contributed by atoms with Crippen LogP contribution in [0, 0.1) is 0 Å². The van der Waals surface area contributed by atoms with Gasteiger partial charge in [0.2, 0.25) is 0 Å². The zero-order valence-corrected chi connectivity index (χ0v) is 15.9. The maximum Gasteiger partial charge on any atom is 0.328 e. The second-order valence-corrected chi connectivity index (χ2v) is 5.98. The number of nitrogens with zero attached hydrogens (tertiary/aromatic N) is 2. The second kappa shape index (κ2) is 10.2. The van der Waals surface area contributed by atoms with Gasteiger partial charge in [-0.1, -0.05) is 12.1 Å². The molecule has 2 amide bonds. The highest BCUT2D eigenvalue weighted by Crippen LogP contribution is 2.13. The summed E-state index contributed by atoms with van der Waals surface area (Å²) in [5.41, 5.74) is 1.84. The molecule has 1 atom stereocenters. The Labute approximate surface area is 158 Å². The monoisotopic (exact) mass is 374 g/mol. The van der Waals surface area contributed by atoms with Crippen LogP contribution in [0.15, 0.2) is 36.8 Å². The van der Waals surface area contributed by atoms with E-state index < -0.39 is 12.0 Å². The summed E-state index contributed by atoms with van der Waals surface area (Å²) in [4.78, 5) is 33.4. The third kappa shape index (κ3) is 6.02. The highest BCUT2D eigenvalue weighted by atomic mass is 16.5. The molecular weight excluding hydrogens is 348 g/mol. The van der Waals surface area contributed by atoms with Crippen LogP contribution in [0.25, 0.3) is 0 Å². The molecule has 8 heteroatoms. The van der Waals surface area contributed by atoms with E-state index in [1.54, 1.807) is 24.5 Å². The van der Waals surface area contributed by atoms with E-state index in [1.807, 2.05) is 31.2 Å². The van der Waals surface area contributed by atoms with Crippen LogP contribution in [0.5, 0.6) is 5.75 Å². The van der Waals surface area contributed by atoms with Gasteiger partial charge in [-0.25, -0.2) is 14.6 Å². The predicted octanol–water partition coefficient (Wildman–Crippen LogP) is 1.78. The first-order valence-corrected chi connectivity index (χ1v) is 8.80. The second-order valence-electron chi connectivity index (χ2n) is 5.98. The molecule has 27 heavy (non-hydrogen) atoms. The molecular formula is C19H26N4O4. The van der Waals surface area contributed by atoms with Gasteiger partial charge in [0.1, 0.15) is 11.8 Å². The molecule has 0 unspecified atom stereocenters. The number of rotatable bonds is 9. The molecule has 8 nitrogen and oxygen atoms in total. The Morgan fingerprint density at radius 2 is 2.00 bits per heavy atom. The van der Waals surface area contributed by atoms with Gasteiger partial charge in [0, 0.05) is 37.8 Å². The van der Waals surface area contributed by atoms with Gasteiger partial charge in [0.15, 0.2) is 0 Å². The number of methoxy groups -OCH3 is 2. The quantitative estimate of drug-likeness (QED) is 0.652. The molecule has 0 spiro atoms. The molecule has 0 saturated heterocycles. The van der Waals surface area contributed by atoms with E-state index in [-0.39, 0.29) is 6.03 Å². The van der Waals surface area contributed by atoms with Crippen molar-refractivity contribution in [3.63, 3.8) is 0 Å². The van der Waals surface area contributed by atoms with Crippen molar-refractivity contribution in [3.8, 4) is 5.75 Å². The predicted molar refractivity (Wildman–Crippen MR) is 101 cm³/mol. The molecule has 1 aromatic carbocycles. The van der Waals surface area contributed by atoms with Crippen LogP contribution in [0.4, 0.5) is 4.79 Å². The molecule has 0 radical (unpaired) electrons. The van der Waals surface area contributed by atoms with Gasteiger partial charge in [-0.2, -0.15) is 0 Å². The number of benzene rings is 1. The maximum atomic E-state index is 12.6. The van der Waals surface area contributed by atoms with E-state index in [4.69, 9.17) is 9.47 Å². The molecule has 0 aliphatic rings. The fourth-order valence-corrected chi connectivity index (χ4v) is 2.65. The number of nitrogens with one attached hydrogen (secondary N) is 2. The average molecular weight is 374 g/mol. The molecule has 2 N–H and O–H groups in total. The molecule has 0 saturated carbocycles. The summed E-state index contributed by atoms with van der Waals surface area (Å²) in [5.74, 6) is 0.247. The molecule has 0 bridgehead atoms. The topological polar surface area (TPSA) is 96.5 Å². The summed E-state index contributed by atoms with van der Waals surface area (Å²) in [6, 6.07) is 6.27. The highest BCUT2D eigenvalue weighted by molar-refractivity contribution is 5.83. The Bertz CT molecular complexity index is 716. The summed E-state index contributed by atoms with van der Waals surface area (Å²) in [5, 5.41) is 2.78. The molecule has 146 valence electrons. The van der Waals surface area contributed by atoms with Gasteiger partial charge in [-0.15, -0.1) is 0 Å². The number of carbonyl (C=O) groups is 2. The minimum atomic E-state index is -0.767. The van der Waals surface area contributed by atoms with Crippen LogP contribution in [-0.2, 0) is 22.4 Å². The minimum Gasteiger partial charge on any atom is -0.497 e. The fraction of sp³-hybridized carbons (Fsp3) is 0.421. The largest absolute Gasteiger partial charge is 0.497 e. The third-order valence-electron chi connectivity index (χ3n) is 4.26. The lowest BCUT2D eigenvalue weighted by Gasteiger charge is -2.24. The fourth-order valence-electron chi connectivity index (χ4n) is 2.65. The molecule has 1 heterocycles. The van der Waals surface area contributed by atoms with E-state index in [1.165, 1.54) is 7.11 Å². The van der Waals surface area contributed by atoms with Crippen LogP contribution < -0.4 is 10.1 Å². The van der Waals surface area contributed by atoms with E-state index in [2.05, 4.69) is 15.3 Å². The summed E-state index contributed by atoms with van der Waals surface area (Å²) >= 11 is 0. The lowest BCUT2D eigenvalue weighted by Crippen LogP contribution is -2.49. The number of urea groups is 1. The number of esters is 1. The van der Waals surface area contributed by atoms with E-state index in [0.717, 1.165) is 17.0 Å². The Morgan fingerprint density at radius 1 is 1.26 bits per heavy atom. The number of amides is 2. The number of hydrogen-bond donors (Lipinski definition) is 2. The molecule has 0 aliphatic heterocycles. The van der Waals surface area contributed by atoms with Crippen molar-refractivity contribution in [1.82, 2.24) is 20.2 Å². The number of H-pyrrole nitrogens is 1. The first-order valence-electron chi connectivity index (χ1n) is 8.80. The molecule has 0 aliphatic carbocycles. The number of likely N-dealkylation sites (N-methyl/N-ethyl adjacent to an activating group) is 1. The van der Waals surface area contributed by atoms with Gasteiger partial charge in [-0.3, -0.25) is 0 Å². The number of aromatic nitrogens is 2. The Morgan fingerprint density at radius 3 is 2.56 bits per heavy atom. The Kier molecular flexibility index (Phi) is 7.66. The summed E-state index contributed by atoms with van der Waals surface area (Å²) in [6.07, 6.45) is 4.32. The van der Waals surface area contributed by atoms with Crippen LogP contribution in [0.2, 0.25) is 0 Å². The number of aromatic amines is 1. The van der Waals surface area contributed by atoms with E-state index in [0.29, 0.717) is 25.9 Å². The van der Waals surface area contributed by atoms with Crippen molar-refractivity contribution in [1.29, 1.82) is 0 Å². The normalized spacial score (nSPS) is 11.5. The van der Waals surface area contributed by atoms with Crippen LogP contribution in [0.3, 0.4) is 0 Å². The maximum absolute atomic E-state index is 12.6. The smallest absolute Gasteiger partial charge is 0.328 e. The third-order valence-corrected chi connectivity index (χ3v) is 4.26. The summed E-state index contributed by atoms with van der Waals surface area (Å²) in [7, 11) is 2.90. The van der Waals surface area contributed by atoms with E-state index in [9.17, 15) is 9.59 Å². The number of carbonyl (C=O) groups excluding carboxylic acids is 2. The number of hydrogen-bond acceptors (Lipinski definition) is 5. The van der Waals surface area contributed by atoms with Crippen LogP contribution in [0.1, 0.15) is 18.2 Å². The van der Waals surface area contributed by atoms with Gasteiger partial charge >= 0.3 is 12.0 Å². The number of ether oxygens (including phenoxy) is 2. The van der Waals surface area contributed by atoms with Crippen LogP contribution in [-0.4, -0.2) is 60.2 Å². The first-order chi connectivity index (χ1) is 13.1. The van der Waals surface area contributed by atoms with Crippen molar-refractivity contribution in [2.75, 3.05) is 27.3 Å². The molecule has 1 aromatic heterocycles. The zero-order chi connectivity index (χ0) is 19.6. The summed E-state index contributed by atoms with van der Waals surface area (Å²) < 4.78 is 9.99. The van der Waals surface area contributed by atoms with Gasteiger partial charge in [-0.05, 0) is 24.6 Å². The van der Waals surface area contributed by atoms with Crippen molar-refractivity contribution in [2.24, 2.45) is 0 Å². The van der Waals surface area contributed by atoms with Crippen LogP contribution >= 0.6 is 0 Å². The lowest BCUT2D eigenvalue weighted by molar-refractivity contribution is -0.142. The lowest BCUT2D eigenvalue weighted by atomic mass is 10.1. The molecule has 2 rings (SSSR count). The minimum absolute atomic E-state index is 0.305. The van der Waals surface area contributed by atoms with Gasteiger partial charge in [0.25, 0.3) is 0 Å². The zero-order valence-electron chi connectivity index (χ0n) is 15.9. The van der Waals surface area contributed by atoms with Gasteiger partial charge in [0.05, 0.1) is 20.5 Å². The average Bonchev–Trinajstić information content (AvgIpc) is 3.21. The van der Waals surface area contributed by atoms with Crippen molar-refractivity contribution < 1.29 is 19.1 Å². The molecule has 0 fully saturated rings. The Balaban J connectivity index is 1.99. The van der Waals surface area contributed by atoms with Crippen molar-refractivity contribution in [2.45, 2.75) is 25.8 Å². The summed E-state index contributed by atoms with van der Waals surface area (Å²) in [6.45, 7) is 2.93. The van der Waals surface area contributed by atoms with Crippen molar-refractivity contribution in [3.05, 3.63) is 48.0 Å². The highest BCUT2D eigenvalue weighted by Gasteiger charge is 2.24. The van der Waals surface area contributed by atoms with Gasteiger partial charge < -0.3 is 24.7 Å². The van der Waals surface area contributed by atoms with Crippen molar-refractivity contribution >= 4 is 12.0 Å². The first kappa shape index (κ1) is 20.3. The Hall–Kier alpha value is -3.03. The molecule has 2 aromatic rings. The van der Waals surface area contributed by atoms with E-state index >= 15 is 0 Å². The SMILES string of the molecule is CCN(CCc1cnc[nH]1)C(=O)N[C@@H](Cc1ccc(OC)cc1)C(=O)OC. The standard InChI is InChI=1S/C19H26N4O4/c1-4-23(10-9-15-12-20-13-21-15)19(25)22-17(18(24)27-3)11-14-5-7-16(26-2)8-6-14/h5-8,12-13,17H,4,9-11H2,1-3H3,(H,20,21)(H,22,25)/t17-/m0/s1.